The SMILES string of the molecule is O=C(Nc1nncs1)NC1CCN2CCCCC12. The minimum absolute atomic E-state index is 0.163. The zero-order valence-electron chi connectivity index (χ0n) is 10.1. The van der Waals surface area contributed by atoms with Crippen LogP contribution in [0.3, 0.4) is 0 Å². The third-order valence-corrected chi connectivity index (χ3v) is 4.36. The highest BCUT2D eigenvalue weighted by Crippen LogP contribution is 2.27. The fourth-order valence-corrected chi connectivity index (χ4v) is 3.38. The van der Waals surface area contributed by atoms with Gasteiger partial charge < -0.3 is 5.32 Å². The molecule has 2 aliphatic heterocycles. The van der Waals surface area contributed by atoms with Crippen molar-refractivity contribution in [3.8, 4) is 0 Å². The molecular formula is C11H17N5OS. The molecule has 0 spiro atoms. The van der Waals surface area contributed by atoms with Gasteiger partial charge in [-0.15, -0.1) is 10.2 Å². The van der Waals surface area contributed by atoms with Gasteiger partial charge in [0.05, 0.1) is 0 Å². The molecule has 2 unspecified atom stereocenters. The van der Waals surface area contributed by atoms with Gasteiger partial charge >= 0.3 is 6.03 Å². The van der Waals surface area contributed by atoms with E-state index in [0.29, 0.717) is 11.2 Å². The second kappa shape index (κ2) is 5.19. The molecule has 18 heavy (non-hydrogen) atoms. The zero-order chi connectivity index (χ0) is 12.4. The van der Waals surface area contributed by atoms with E-state index in [4.69, 9.17) is 0 Å². The monoisotopic (exact) mass is 267 g/mol. The quantitative estimate of drug-likeness (QED) is 0.847. The Bertz CT molecular complexity index is 410. The highest BCUT2D eigenvalue weighted by molar-refractivity contribution is 7.13. The predicted molar refractivity (Wildman–Crippen MR) is 69.7 cm³/mol. The molecule has 0 aromatic carbocycles. The lowest BCUT2D eigenvalue weighted by Gasteiger charge is -2.32. The molecule has 2 N–H and O–H groups in total. The number of fused-ring (bicyclic) bond motifs is 1. The van der Waals surface area contributed by atoms with E-state index >= 15 is 0 Å². The summed E-state index contributed by atoms with van der Waals surface area (Å²) in [6.07, 6.45) is 4.82. The molecule has 2 atom stereocenters. The van der Waals surface area contributed by atoms with Crippen LogP contribution in [0.5, 0.6) is 0 Å². The summed E-state index contributed by atoms with van der Waals surface area (Å²) in [4.78, 5) is 14.3. The van der Waals surface area contributed by atoms with Gasteiger partial charge in [-0.25, -0.2) is 4.79 Å². The normalized spacial score (nSPS) is 27.8. The van der Waals surface area contributed by atoms with Crippen molar-refractivity contribution in [3.63, 3.8) is 0 Å². The standard InChI is InChI=1S/C11H17N5OS/c17-10(14-11-15-12-7-18-11)13-8-4-6-16-5-2-1-3-9(8)16/h7-9H,1-6H2,(H2,13,14,15,17). The molecule has 3 heterocycles. The number of carbonyl (C=O) groups excluding carboxylic acids is 1. The van der Waals surface area contributed by atoms with Crippen molar-refractivity contribution in [1.29, 1.82) is 0 Å². The van der Waals surface area contributed by atoms with Crippen LogP contribution < -0.4 is 10.6 Å². The number of carbonyl (C=O) groups is 1. The van der Waals surface area contributed by atoms with E-state index < -0.39 is 0 Å². The van der Waals surface area contributed by atoms with Crippen LogP contribution in [0.4, 0.5) is 9.93 Å². The van der Waals surface area contributed by atoms with Crippen molar-refractivity contribution in [1.82, 2.24) is 20.4 Å². The number of urea groups is 1. The van der Waals surface area contributed by atoms with E-state index in [2.05, 4.69) is 25.7 Å². The fourth-order valence-electron chi connectivity index (χ4n) is 2.94. The minimum atomic E-state index is -0.163. The van der Waals surface area contributed by atoms with E-state index in [1.165, 1.54) is 37.1 Å². The number of nitrogens with one attached hydrogen (secondary N) is 2. The van der Waals surface area contributed by atoms with E-state index in [1.807, 2.05) is 0 Å². The number of piperidine rings is 1. The molecule has 0 saturated carbocycles. The number of rotatable bonds is 2. The van der Waals surface area contributed by atoms with Crippen LogP contribution in [-0.2, 0) is 0 Å². The first-order valence-corrected chi connectivity index (χ1v) is 7.28. The van der Waals surface area contributed by atoms with E-state index in [1.54, 1.807) is 5.51 Å². The van der Waals surface area contributed by atoms with E-state index in [0.717, 1.165) is 13.0 Å². The molecule has 7 heteroatoms. The van der Waals surface area contributed by atoms with Crippen LogP contribution in [0.1, 0.15) is 25.7 Å². The summed E-state index contributed by atoms with van der Waals surface area (Å²) in [7, 11) is 0. The molecule has 2 saturated heterocycles. The summed E-state index contributed by atoms with van der Waals surface area (Å²) < 4.78 is 0. The van der Waals surface area contributed by atoms with Gasteiger partial charge in [0.15, 0.2) is 0 Å². The number of hydrogen-bond acceptors (Lipinski definition) is 5. The molecule has 3 rings (SSSR count). The highest BCUT2D eigenvalue weighted by Gasteiger charge is 2.36. The largest absolute Gasteiger partial charge is 0.333 e. The molecule has 1 aromatic rings. The van der Waals surface area contributed by atoms with Crippen LogP contribution in [0.25, 0.3) is 0 Å². The molecule has 2 aliphatic rings. The lowest BCUT2D eigenvalue weighted by Crippen LogP contribution is -2.47. The van der Waals surface area contributed by atoms with Crippen LogP contribution in [0, 0.1) is 0 Å². The van der Waals surface area contributed by atoms with Gasteiger partial charge in [-0.3, -0.25) is 10.2 Å². The summed E-state index contributed by atoms with van der Waals surface area (Å²) in [5.74, 6) is 0. The van der Waals surface area contributed by atoms with Crippen molar-refractivity contribution in [2.75, 3.05) is 18.4 Å². The maximum absolute atomic E-state index is 11.8. The summed E-state index contributed by atoms with van der Waals surface area (Å²) in [5, 5.41) is 13.8. The number of amides is 2. The van der Waals surface area contributed by atoms with Gasteiger partial charge in [0.1, 0.15) is 5.51 Å². The Hall–Kier alpha value is -1.21. The summed E-state index contributed by atoms with van der Waals surface area (Å²) in [6.45, 7) is 2.29. The zero-order valence-corrected chi connectivity index (χ0v) is 10.9. The predicted octanol–water partition coefficient (Wildman–Crippen LogP) is 1.29. The van der Waals surface area contributed by atoms with Gasteiger partial charge in [0, 0.05) is 18.6 Å². The van der Waals surface area contributed by atoms with E-state index in [9.17, 15) is 4.79 Å². The smallest absolute Gasteiger partial charge is 0.321 e. The Morgan fingerprint density at radius 3 is 3.17 bits per heavy atom. The molecule has 0 bridgehead atoms. The fraction of sp³-hybridized carbons (Fsp3) is 0.727. The molecule has 98 valence electrons. The maximum Gasteiger partial charge on any atom is 0.321 e. The Kier molecular flexibility index (Phi) is 3.42. The van der Waals surface area contributed by atoms with Crippen molar-refractivity contribution < 1.29 is 4.79 Å². The van der Waals surface area contributed by atoms with Crippen LogP contribution in [-0.4, -0.2) is 46.3 Å². The van der Waals surface area contributed by atoms with Crippen molar-refractivity contribution in [3.05, 3.63) is 5.51 Å². The van der Waals surface area contributed by atoms with Gasteiger partial charge in [0.2, 0.25) is 5.13 Å². The Morgan fingerprint density at radius 1 is 1.39 bits per heavy atom. The van der Waals surface area contributed by atoms with E-state index in [-0.39, 0.29) is 12.1 Å². The molecule has 2 fully saturated rings. The Balaban J connectivity index is 1.54. The van der Waals surface area contributed by atoms with Gasteiger partial charge in [-0.2, -0.15) is 0 Å². The maximum atomic E-state index is 11.8. The molecular weight excluding hydrogens is 250 g/mol. The second-order valence-electron chi connectivity index (χ2n) is 4.84. The molecule has 0 aliphatic carbocycles. The third kappa shape index (κ3) is 2.46. The topological polar surface area (TPSA) is 70.1 Å². The van der Waals surface area contributed by atoms with Crippen LogP contribution in [0.15, 0.2) is 5.51 Å². The van der Waals surface area contributed by atoms with Gasteiger partial charge in [-0.1, -0.05) is 17.8 Å². The van der Waals surface area contributed by atoms with Crippen molar-refractivity contribution in [2.45, 2.75) is 37.8 Å². The van der Waals surface area contributed by atoms with Crippen LogP contribution in [0.2, 0.25) is 0 Å². The summed E-state index contributed by atoms with van der Waals surface area (Å²) in [5.41, 5.74) is 1.61. The average Bonchev–Trinajstić information content (AvgIpc) is 3.00. The van der Waals surface area contributed by atoms with Crippen molar-refractivity contribution >= 4 is 22.5 Å². The number of nitrogens with zero attached hydrogens (tertiary/aromatic N) is 3. The molecule has 0 radical (unpaired) electrons. The number of hydrogen-bond donors (Lipinski definition) is 2. The molecule has 6 nitrogen and oxygen atoms in total. The van der Waals surface area contributed by atoms with Crippen molar-refractivity contribution in [2.24, 2.45) is 0 Å². The first-order chi connectivity index (χ1) is 8.83. The second-order valence-corrected chi connectivity index (χ2v) is 5.67. The third-order valence-electron chi connectivity index (χ3n) is 3.75. The van der Waals surface area contributed by atoms with Crippen LogP contribution >= 0.6 is 11.3 Å². The van der Waals surface area contributed by atoms with Gasteiger partial charge in [0.25, 0.3) is 0 Å². The minimum Gasteiger partial charge on any atom is -0.333 e. The first kappa shape index (κ1) is 11.9. The Morgan fingerprint density at radius 2 is 2.33 bits per heavy atom. The van der Waals surface area contributed by atoms with Gasteiger partial charge in [-0.05, 0) is 25.8 Å². The summed E-state index contributed by atoms with van der Waals surface area (Å²) >= 11 is 1.33. The lowest BCUT2D eigenvalue weighted by atomic mass is 9.99. The first-order valence-electron chi connectivity index (χ1n) is 6.40. The lowest BCUT2D eigenvalue weighted by molar-refractivity contribution is 0.180. The summed E-state index contributed by atoms with van der Waals surface area (Å²) in [6, 6.07) is 0.640. The highest BCUT2D eigenvalue weighted by atomic mass is 32.1. The average molecular weight is 267 g/mol. The Labute approximate surface area is 110 Å². The molecule has 1 aromatic heterocycles. The molecule has 2 amide bonds. The number of aromatic nitrogens is 2. The number of anilines is 1.